The first kappa shape index (κ1) is 17.7. The molecule has 1 aliphatic carbocycles. The minimum Gasteiger partial charge on any atom is -0.469 e. The van der Waals surface area contributed by atoms with Crippen LogP contribution in [0.4, 0.5) is 0 Å². The number of benzene rings is 2. The lowest BCUT2D eigenvalue weighted by Crippen LogP contribution is -2.18. The molecule has 0 fully saturated rings. The molecule has 0 bridgehead atoms. The fraction of sp³-hybridized carbons (Fsp3) is 0.348. The summed E-state index contributed by atoms with van der Waals surface area (Å²) >= 11 is 0. The molecule has 1 atom stereocenters. The molecule has 4 nitrogen and oxygen atoms in total. The van der Waals surface area contributed by atoms with E-state index >= 15 is 0 Å². The van der Waals surface area contributed by atoms with E-state index in [4.69, 9.17) is 9.57 Å². The minimum absolute atomic E-state index is 0.148. The number of fused-ring (bicyclic) bond motifs is 3. The van der Waals surface area contributed by atoms with Gasteiger partial charge in [-0.3, -0.25) is 4.79 Å². The molecule has 0 saturated carbocycles. The molecule has 0 amide bonds. The highest BCUT2D eigenvalue weighted by molar-refractivity contribution is 5.91. The first-order valence-electron chi connectivity index (χ1n) is 9.67. The van der Waals surface area contributed by atoms with Gasteiger partial charge in [0.05, 0.1) is 24.2 Å². The summed E-state index contributed by atoms with van der Waals surface area (Å²) in [6.45, 7) is 0.595. The van der Waals surface area contributed by atoms with Crippen molar-refractivity contribution in [3.63, 3.8) is 0 Å². The standard InChI is InChI=1S/C23H25NO3/c1-26-23(25)19-12-6-8-14-21-22(19)18-11-5-7-13-20(18)24(21)27-16-15-17-9-3-2-4-10-17/h2-5,7,9-11,13,19H,6,8,12,14-16H2,1H3. The van der Waals surface area contributed by atoms with Gasteiger partial charge in [0.2, 0.25) is 0 Å². The maximum atomic E-state index is 12.5. The normalized spacial score (nSPS) is 16.6. The number of hydrogen-bond acceptors (Lipinski definition) is 3. The molecule has 0 saturated heterocycles. The summed E-state index contributed by atoms with van der Waals surface area (Å²) in [5.41, 5.74) is 4.51. The lowest BCUT2D eigenvalue weighted by atomic mass is 9.93. The summed E-state index contributed by atoms with van der Waals surface area (Å²) in [4.78, 5) is 18.7. The average Bonchev–Trinajstić information content (AvgIpc) is 2.87. The third-order valence-corrected chi connectivity index (χ3v) is 5.41. The van der Waals surface area contributed by atoms with Gasteiger partial charge in [-0.25, -0.2) is 0 Å². The van der Waals surface area contributed by atoms with Crippen molar-refractivity contribution in [2.75, 3.05) is 13.7 Å². The van der Waals surface area contributed by atoms with Gasteiger partial charge in [0.25, 0.3) is 0 Å². The number of hydrogen-bond donors (Lipinski definition) is 0. The summed E-state index contributed by atoms with van der Waals surface area (Å²) < 4.78 is 7.08. The molecule has 0 aliphatic heterocycles. The molecule has 27 heavy (non-hydrogen) atoms. The smallest absolute Gasteiger partial charge is 0.313 e. The molecule has 2 aromatic carbocycles. The zero-order valence-electron chi connectivity index (χ0n) is 15.7. The summed E-state index contributed by atoms with van der Waals surface area (Å²) in [5.74, 6) is -0.360. The fourth-order valence-electron chi connectivity index (χ4n) is 4.12. The van der Waals surface area contributed by atoms with Crippen molar-refractivity contribution in [3.8, 4) is 0 Å². The van der Waals surface area contributed by atoms with Crippen LogP contribution in [0.5, 0.6) is 0 Å². The Morgan fingerprint density at radius 3 is 2.67 bits per heavy atom. The van der Waals surface area contributed by atoms with Gasteiger partial charge in [0.15, 0.2) is 0 Å². The molecule has 1 aromatic heterocycles. The highest BCUT2D eigenvalue weighted by Crippen LogP contribution is 2.38. The molecule has 4 heteroatoms. The first-order valence-corrected chi connectivity index (χ1v) is 9.67. The van der Waals surface area contributed by atoms with Crippen molar-refractivity contribution >= 4 is 16.9 Å². The van der Waals surface area contributed by atoms with E-state index in [1.807, 2.05) is 35.1 Å². The van der Waals surface area contributed by atoms with Crippen molar-refractivity contribution in [2.45, 2.75) is 38.0 Å². The van der Waals surface area contributed by atoms with Gasteiger partial charge in [-0.05, 0) is 36.5 Å². The third kappa shape index (κ3) is 3.44. The highest BCUT2D eigenvalue weighted by atomic mass is 16.7. The molecule has 0 radical (unpaired) electrons. The van der Waals surface area contributed by atoms with Crippen LogP contribution in [0.2, 0.25) is 0 Å². The van der Waals surface area contributed by atoms with Gasteiger partial charge in [0, 0.05) is 11.8 Å². The Kier molecular flexibility index (Phi) is 5.14. The van der Waals surface area contributed by atoms with Crippen LogP contribution in [0, 0.1) is 0 Å². The third-order valence-electron chi connectivity index (χ3n) is 5.41. The number of rotatable bonds is 5. The van der Waals surface area contributed by atoms with E-state index in [2.05, 4.69) is 24.3 Å². The molecular formula is C23H25NO3. The molecule has 140 valence electrons. The van der Waals surface area contributed by atoms with Gasteiger partial charge in [0.1, 0.15) is 6.61 Å². The number of methoxy groups -OCH3 is 1. The number of aromatic nitrogens is 1. The van der Waals surface area contributed by atoms with Crippen LogP contribution in [0.15, 0.2) is 54.6 Å². The van der Waals surface area contributed by atoms with E-state index in [1.54, 1.807) is 0 Å². The predicted molar refractivity (Wildman–Crippen MR) is 106 cm³/mol. The first-order chi connectivity index (χ1) is 13.3. The minimum atomic E-state index is -0.212. The highest BCUT2D eigenvalue weighted by Gasteiger charge is 2.31. The average molecular weight is 363 g/mol. The Hall–Kier alpha value is -2.75. The molecule has 0 spiro atoms. The lowest BCUT2D eigenvalue weighted by Gasteiger charge is -2.14. The molecule has 1 heterocycles. The lowest BCUT2D eigenvalue weighted by molar-refractivity contribution is -0.142. The number of ether oxygens (including phenoxy) is 1. The Morgan fingerprint density at radius 2 is 1.85 bits per heavy atom. The zero-order chi connectivity index (χ0) is 18.6. The van der Waals surface area contributed by atoms with Gasteiger partial charge < -0.3 is 9.57 Å². The van der Waals surface area contributed by atoms with Gasteiger partial charge >= 0.3 is 5.97 Å². The van der Waals surface area contributed by atoms with Crippen molar-refractivity contribution in [3.05, 3.63) is 71.4 Å². The fourth-order valence-corrected chi connectivity index (χ4v) is 4.12. The van der Waals surface area contributed by atoms with E-state index < -0.39 is 0 Å². The van der Waals surface area contributed by atoms with E-state index in [9.17, 15) is 4.79 Å². The summed E-state index contributed by atoms with van der Waals surface area (Å²) in [7, 11) is 1.47. The van der Waals surface area contributed by atoms with Crippen molar-refractivity contribution in [2.24, 2.45) is 0 Å². The number of esters is 1. The second kappa shape index (κ2) is 7.87. The Balaban J connectivity index is 1.70. The van der Waals surface area contributed by atoms with Crippen LogP contribution in [0.1, 0.15) is 42.0 Å². The van der Waals surface area contributed by atoms with Crippen LogP contribution >= 0.6 is 0 Å². The molecule has 3 aromatic rings. The number of nitrogens with zero attached hydrogens (tertiary/aromatic N) is 1. The van der Waals surface area contributed by atoms with E-state index in [-0.39, 0.29) is 11.9 Å². The summed E-state index contributed by atoms with van der Waals surface area (Å²) in [5, 5.41) is 1.10. The van der Waals surface area contributed by atoms with E-state index in [0.717, 1.165) is 54.3 Å². The van der Waals surface area contributed by atoms with Crippen molar-refractivity contribution in [1.29, 1.82) is 0 Å². The molecule has 4 rings (SSSR count). The van der Waals surface area contributed by atoms with Crippen molar-refractivity contribution < 1.29 is 14.4 Å². The van der Waals surface area contributed by atoms with Gasteiger partial charge in [-0.1, -0.05) is 55.0 Å². The SMILES string of the molecule is COC(=O)C1CCCCc2c1c1ccccc1n2OCCc1ccccc1. The van der Waals surface area contributed by atoms with Crippen LogP contribution < -0.4 is 4.84 Å². The van der Waals surface area contributed by atoms with Crippen LogP contribution in [-0.4, -0.2) is 24.4 Å². The van der Waals surface area contributed by atoms with E-state index in [1.165, 1.54) is 12.7 Å². The van der Waals surface area contributed by atoms with Crippen LogP contribution in [-0.2, 0) is 22.4 Å². The largest absolute Gasteiger partial charge is 0.469 e. The zero-order valence-corrected chi connectivity index (χ0v) is 15.7. The second-order valence-corrected chi connectivity index (χ2v) is 7.06. The summed E-state index contributed by atoms with van der Waals surface area (Å²) in [6, 6.07) is 18.6. The maximum Gasteiger partial charge on any atom is 0.313 e. The molecule has 1 aliphatic rings. The Bertz CT molecular complexity index is 929. The molecular weight excluding hydrogens is 338 g/mol. The number of carbonyl (C=O) groups is 1. The van der Waals surface area contributed by atoms with Gasteiger partial charge in [-0.2, -0.15) is 4.73 Å². The van der Waals surface area contributed by atoms with Crippen LogP contribution in [0.3, 0.4) is 0 Å². The maximum absolute atomic E-state index is 12.5. The molecule has 1 unspecified atom stereocenters. The number of carbonyl (C=O) groups excluding carboxylic acids is 1. The van der Waals surface area contributed by atoms with Gasteiger partial charge in [-0.15, -0.1) is 0 Å². The predicted octanol–water partition coefficient (Wildman–Crippen LogP) is 4.30. The monoisotopic (exact) mass is 363 g/mol. The Morgan fingerprint density at radius 1 is 1.07 bits per heavy atom. The topological polar surface area (TPSA) is 40.5 Å². The summed E-state index contributed by atoms with van der Waals surface area (Å²) in [6.07, 6.45) is 4.68. The molecule has 0 N–H and O–H groups in total. The second-order valence-electron chi connectivity index (χ2n) is 7.06. The van der Waals surface area contributed by atoms with Crippen molar-refractivity contribution in [1.82, 2.24) is 4.73 Å². The van der Waals surface area contributed by atoms with E-state index in [0.29, 0.717) is 6.61 Å². The quantitative estimate of drug-likeness (QED) is 0.501. The number of para-hydroxylation sites is 1. The Labute approximate surface area is 159 Å². The van der Waals surface area contributed by atoms with Crippen LogP contribution in [0.25, 0.3) is 10.9 Å².